The second kappa shape index (κ2) is 11.8. The van der Waals surface area contributed by atoms with Gasteiger partial charge in [-0.3, -0.25) is 9.36 Å². The van der Waals surface area contributed by atoms with Crippen molar-refractivity contribution in [2.45, 2.75) is 47.1 Å². The molecule has 0 saturated heterocycles. The van der Waals surface area contributed by atoms with Gasteiger partial charge in [0.05, 0.1) is 16.5 Å². The van der Waals surface area contributed by atoms with Gasteiger partial charge in [-0.15, -0.1) is 0 Å². The highest BCUT2D eigenvalue weighted by molar-refractivity contribution is 6.35. The van der Waals surface area contributed by atoms with Crippen LogP contribution in [0.3, 0.4) is 0 Å². The fourth-order valence-corrected chi connectivity index (χ4v) is 3.58. The summed E-state index contributed by atoms with van der Waals surface area (Å²) in [5, 5.41) is 3.22. The number of benzene rings is 1. The van der Waals surface area contributed by atoms with Crippen LogP contribution >= 0.6 is 23.2 Å². The van der Waals surface area contributed by atoms with Gasteiger partial charge in [0, 0.05) is 5.70 Å². The summed E-state index contributed by atoms with van der Waals surface area (Å²) in [6, 6.07) is 1.85. The maximum atomic E-state index is 14.6. The number of nitrogen functional groups attached to an aromatic ring is 2. The predicted molar refractivity (Wildman–Crippen MR) is 140 cm³/mol. The van der Waals surface area contributed by atoms with Gasteiger partial charge in [-0.1, -0.05) is 56.1 Å². The van der Waals surface area contributed by atoms with Crippen LogP contribution in [0.5, 0.6) is 0 Å². The Morgan fingerprint density at radius 3 is 2.53 bits per heavy atom. The molecule has 1 unspecified atom stereocenters. The van der Waals surface area contributed by atoms with Gasteiger partial charge < -0.3 is 16.8 Å². The van der Waals surface area contributed by atoms with Crippen molar-refractivity contribution in [1.29, 1.82) is 0 Å². The normalized spacial score (nSPS) is 12.5. The van der Waals surface area contributed by atoms with E-state index in [-0.39, 0.29) is 44.4 Å². The van der Waals surface area contributed by atoms with E-state index in [0.717, 1.165) is 0 Å². The van der Waals surface area contributed by atoms with Crippen molar-refractivity contribution in [2.75, 3.05) is 16.8 Å². The summed E-state index contributed by atoms with van der Waals surface area (Å²) in [6.07, 6.45) is 5.91. The van der Waals surface area contributed by atoms with E-state index >= 15 is 0 Å². The molecule has 5 N–H and O–H groups in total. The van der Waals surface area contributed by atoms with Gasteiger partial charge in [-0.05, 0) is 38.5 Å². The molecule has 182 valence electrons. The molecule has 0 aliphatic heterocycles. The first kappa shape index (κ1) is 27.1. The first-order chi connectivity index (χ1) is 16.2. The molecule has 1 atom stereocenters. The summed E-state index contributed by atoms with van der Waals surface area (Å²) < 4.78 is 16.0. The molecular weight excluding hydrogens is 480 g/mol. The summed E-state index contributed by atoms with van der Waals surface area (Å²) in [7, 11) is 0. The molecule has 3 aromatic rings. The fraction of sp³-hybridized carbons (Fsp3) is 0.304. The lowest BCUT2D eigenvalue weighted by molar-refractivity contribution is 0.632. The molecule has 0 radical (unpaired) electrons. The number of anilines is 3. The lowest BCUT2D eigenvalue weighted by Gasteiger charge is -2.22. The van der Waals surface area contributed by atoms with Gasteiger partial charge in [0.25, 0.3) is 5.56 Å². The third-order valence-corrected chi connectivity index (χ3v) is 5.40. The Kier molecular flexibility index (Phi) is 9.40. The van der Waals surface area contributed by atoms with Crippen LogP contribution in [0, 0.1) is 5.82 Å². The van der Waals surface area contributed by atoms with E-state index in [2.05, 4.69) is 20.3 Å². The Labute approximate surface area is 207 Å². The molecule has 1 aromatic carbocycles. The third kappa shape index (κ3) is 5.48. The van der Waals surface area contributed by atoms with Crippen LogP contribution in [-0.4, -0.2) is 19.5 Å². The van der Waals surface area contributed by atoms with Crippen molar-refractivity contribution in [3.05, 3.63) is 62.4 Å². The first-order valence-corrected chi connectivity index (χ1v) is 11.5. The number of hydrogen-bond donors (Lipinski definition) is 3. The van der Waals surface area contributed by atoms with Crippen molar-refractivity contribution < 1.29 is 4.39 Å². The van der Waals surface area contributed by atoms with Crippen molar-refractivity contribution in [3.63, 3.8) is 0 Å². The summed E-state index contributed by atoms with van der Waals surface area (Å²) >= 11 is 12.5. The smallest absolute Gasteiger partial charge is 0.267 e. The molecule has 0 spiro atoms. The molecule has 2 aromatic heterocycles. The van der Waals surface area contributed by atoms with E-state index in [1.165, 1.54) is 16.7 Å². The average molecular weight is 508 g/mol. The van der Waals surface area contributed by atoms with Gasteiger partial charge in [0.1, 0.15) is 28.0 Å². The maximum absolute atomic E-state index is 14.6. The minimum Gasteiger partial charge on any atom is -0.382 e. The van der Waals surface area contributed by atoms with Crippen molar-refractivity contribution in [3.8, 4) is 0 Å². The lowest BCUT2D eigenvalue weighted by Crippen LogP contribution is -2.28. The van der Waals surface area contributed by atoms with Crippen LogP contribution in [0.25, 0.3) is 16.6 Å². The Balaban J connectivity index is 0.00000199. The van der Waals surface area contributed by atoms with Crippen LogP contribution in [0.15, 0.2) is 35.2 Å². The number of hydrogen-bond acceptors (Lipinski definition) is 7. The number of halogens is 3. The minimum atomic E-state index is -0.661. The Morgan fingerprint density at radius 2 is 1.91 bits per heavy atom. The van der Waals surface area contributed by atoms with E-state index < -0.39 is 17.4 Å². The molecule has 3 rings (SSSR count). The molecule has 0 bridgehead atoms. The van der Waals surface area contributed by atoms with E-state index in [0.29, 0.717) is 12.1 Å². The summed E-state index contributed by atoms with van der Waals surface area (Å²) in [6.45, 7) is 9.47. The number of nitrogens with one attached hydrogen (secondary N) is 1. The van der Waals surface area contributed by atoms with Crippen molar-refractivity contribution in [2.24, 2.45) is 0 Å². The standard InChI is InChI=1S/C21H22Cl2FN7O.C2H6/c1-4-6-7-11(5-2)31-19(10(3)27-18-15(23)17(25)29-21(26)30-18)28-16-13(24)9-8-12(22)14(16)20(31)32;1-2/h4,6-10H,5H2,1-3H3,(H5,25,26,27,29,30);1-2H3/b6-4-,11-7+;. The molecule has 8 nitrogen and oxygen atoms in total. The lowest BCUT2D eigenvalue weighted by atomic mass is 10.2. The number of fused-ring (bicyclic) bond motifs is 1. The van der Waals surface area contributed by atoms with Crippen molar-refractivity contribution in [1.82, 2.24) is 19.5 Å². The summed E-state index contributed by atoms with van der Waals surface area (Å²) in [5.41, 5.74) is 11.5. The van der Waals surface area contributed by atoms with Crippen LogP contribution in [0.1, 0.15) is 52.9 Å². The second-order valence-corrected chi connectivity index (χ2v) is 7.68. The Hall–Kier alpha value is -3.17. The van der Waals surface area contributed by atoms with Crippen LogP contribution in [0.4, 0.5) is 22.0 Å². The quantitative estimate of drug-likeness (QED) is 0.358. The minimum absolute atomic E-state index is 0.00206. The molecule has 0 aliphatic rings. The maximum Gasteiger partial charge on any atom is 0.267 e. The monoisotopic (exact) mass is 507 g/mol. The molecule has 0 fully saturated rings. The highest BCUT2D eigenvalue weighted by Crippen LogP contribution is 2.30. The first-order valence-electron chi connectivity index (χ1n) is 10.8. The molecule has 0 amide bonds. The molecule has 34 heavy (non-hydrogen) atoms. The second-order valence-electron chi connectivity index (χ2n) is 6.90. The topological polar surface area (TPSA) is 125 Å². The molecule has 2 heterocycles. The third-order valence-electron chi connectivity index (χ3n) is 4.72. The highest BCUT2D eigenvalue weighted by atomic mass is 35.5. The van der Waals surface area contributed by atoms with Crippen molar-refractivity contribution >= 4 is 57.4 Å². The predicted octanol–water partition coefficient (Wildman–Crippen LogP) is 5.82. The van der Waals surface area contributed by atoms with Crippen LogP contribution < -0.4 is 22.3 Å². The zero-order chi connectivity index (χ0) is 25.6. The summed E-state index contributed by atoms with van der Waals surface area (Å²) in [5.74, 6) is -0.352. The van der Waals surface area contributed by atoms with E-state index in [1.54, 1.807) is 19.1 Å². The number of nitrogens with two attached hydrogens (primary N) is 2. The fourth-order valence-electron chi connectivity index (χ4n) is 3.21. The van der Waals surface area contributed by atoms with E-state index in [4.69, 9.17) is 34.7 Å². The van der Waals surface area contributed by atoms with E-state index in [1.807, 2.05) is 33.8 Å². The molecule has 0 saturated carbocycles. The molecule has 11 heteroatoms. The Bertz CT molecular complexity index is 1300. The van der Waals surface area contributed by atoms with Gasteiger partial charge in [-0.2, -0.15) is 9.97 Å². The number of aromatic nitrogens is 4. The zero-order valence-electron chi connectivity index (χ0n) is 19.7. The van der Waals surface area contributed by atoms with Crippen LogP contribution in [0.2, 0.25) is 10.0 Å². The Morgan fingerprint density at radius 1 is 1.24 bits per heavy atom. The highest BCUT2D eigenvalue weighted by Gasteiger charge is 2.23. The molecular formula is C23H28Cl2FN7O. The van der Waals surface area contributed by atoms with E-state index in [9.17, 15) is 9.18 Å². The van der Waals surface area contributed by atoms with Gasteiger partial charge in [0.2, 0.25) is 5.95 Å². The average Bonchev–Trinajstić information content (AvgIpc) is 2.81. The SMILES string of the molecule is C/C=C\C=C(/CC)n1c(C(C)Nc2nc(N)nc(N)c2Cl)nc2c(F)ccc(Cl)c2c1=O.CC. The van der Waals surface area contributed by atoms with Crippen LogP contribution in [-0.2, 0) is 0 Å². The zero-order valence-corrected chi connectivity index (χ0v) is 21.2. The van der Waals surface area contributed by atoms with Gasteiger partial charge in [0.15, 0.2) is 5.82 Å². The number of nitrogens with zero attached hydrogens (tertiary/aromatic N) is 4. The van der Waals surface area contributed by atoms with Gasteiger partial charge in [-0.25, -0.2) is 9.37 Å². The summed E-state index contributed by atoms with van der Waals surface area (Å²) in [4.78, 5) is 25.8. The number of allylic oxidation sites excluding steroid dienone is 4. The van der Waals surface area contributed by atoms with Gasteiger partial charge >= 0.3 is 0 Å². The number of rotatable bonds is 6. The largest absolute Gasteiger partial charge is 0.382 e. The molecule has 0 aliphatic carbocycles.